The number of aromatic nitrogens is 3. The van der Waals surface area contributed by atoms with Crippen LogP contribution in [-0.4, -0.2) is 65.5 Å². The van der Waals surface area contributed by atoms with Crippen LogP contribution in [0.3, 0.4) is 0 Å². The lowest BCUT2D eigenvalue weighted by molar-refractivity contribution is 0.238. The third-order valence-corrected chi connectivity index (χ3v) is 6.37. The number of nitrogens with one attached hydrogen (secondary N) is 1. The van der Waals surface area contributed by atoms with Crippen molar-refractivity contribution in [3.05, 3.63) is 47.0 Å². The molecule has 31 heavy (non-hydrogen) atoms. The molecule has 8 nitrogen and oxygen atoms in total. The monoisotopic (exact) mass is 420 g/mol. The predicted octanol–water partition coefficient (Wildman–Crippen LogP) is 1.22. The third-order valence-electron chi connectivity index (χ3n) is 6.37. The average Bonchev–Trinajstić information content (AvgIpc) is 3.31. The Labute approximate surface area is 181 Å². The van der Waals surface area contributed by atoms with Gasteiger partial charge in [0.2, 0.25) is 0 Å². The van der Waals surface area contributed by atoms with Crippen molar-refractivity contribution in [2.75, 3.05) is 55.7 Å². The van der Waals surface area contributed by atoms with Gasteiger partial charge in [0.05, 0.1) is 17.5 Å². The van der Waals surface area contributed by atoms with Gasteiger partial charge in [-0.1, -0.05) is 12.1 Å². The lowest BCUT2D eigenvalue weighted by atomic mass is 10.1. The highest BCUT2D eigenvalue weighted by molar-refractivity contribution is 5.92. The summed E-state index contributed by atoms with van der Waals surface area (Å²) in [5, 5.41) is 13.5. The second-order valence-electron chi connectivity index (χ2n) is 8.45. The molecule has 2 fully saturated rings. The SMILES string of the molecule is Cn1cnc2cc(-c3ccc(N4CCNCC4)cc3)nc(N3CCC(CO)C3)c2c1=O. The number of fused-ring (bicyclic) bond motifs is 1. The Balaban J connectivity index is 1.56. The zero-order valence-corrected chi connectivity index (χ0v) is 17.8. The fourth-order valence-electron chi connectivity index (χ4n) is 4.52. The summed E-state index contributed by atoms with van der Waals surface area (Å²) in [6, 6.07) is 10.4. The number of hydrogen-bond acceptors (Lipinski definition) is 7. The maximum atomic E-state index is 12.9. The van der Waals surface area contributed by atoms with Gasteiger partial charge >= 0.3 is 0 Å². The Morgan fingerprint density at radius 2 is 1.90 bits per heavy atom. The molecule has 2 aliphatic rings. The number of hydrogen-bond donors (Lipinski definition) is 2. The Morgan fingerprint density at radius 1 is 1.13 bits per heavy atom. The highest BCUT2D eigenvalue weighted by atomic mass is 16.3. The summed E-state index contributed by atoms with van der Waals surface area (Å²) >= 11 is 0. The summed E-state index contributed by atoms with van der Waals surface area (Å²) in [5.41, 5.74) is 3.58. The molecule has 0 spiro atoms. The molecule has 1 atom stereocenters. The van der Waals surface area contributed by atoms with Gasteiger partial charge in [-0.05, 0) is 24.6 Å². The Morgan fingerprint density at radius 3 is 2.61 bits per heavy atom. The Bertz CT molecular complexity index is 1140. The van der Waals surface area contributed by atoms with Crippen LogP contribution in [0.1, 0.15) is 6.42 Å². The lowest BCUT2D eigenvalue weighted by Gasteiger charge is -2.29. The third kappa shape index (κ3) is 3.77. The number of aliphatic hydroxyl groups excluding tert-OH is 1. The first kappa shape index (κ1) is 20.0. The van der Waals surface area contributed by atoms with E-state index in [0.717, 1.165) is 50.4 Å². The molecule has 0 amide bonds. The highest BCUT2D eigenvalue weighted by Gasteiger charge is 2.26. The molecule has 0 aliphatic carbocycles. The van der Waals surface area contributed by atoms with Crippen molar-refractivity contribution >= 4 is 22.4 Å². The van der Waals surface area contributed by atoms with E-state index in [1.165, 1.54) is 10.3 Å². The molecule has 8 heteroatoms. The molecule has 4 heterocycles. The molecule has 2 aliphatic heterocycles. The molecular weight excluding hydrogens is 392 g/mol. The number of benzene rings is 1. The summed E-state index contributed by atoms with van der Waals surface area (Å²) in [6.45, 7) is 5.64. The van der Waals surface area contributed by atoms with Crippen molar-refractivity contribution in [1.29, 1.82) is 0 Å². The van der Waals surface area contributed by atoms with E-state index < -0.39 is 0 Å². The van der Waals surface area contributed by atoms with Crippen molar-refractivity contribution in [3.8, 4) is 11.3 Å². The Kier molecular flexibility index (Phi) is 5.33. The van der Waals surface area contributed by atoms with Crippen molar-refractivity contribution in [1.82, 2.24) is 19.9 Å². The van der Waals surface area contributed by atoms with Gasteiger partial charge in [-0.15, -0.1) is 0 Å². The molecule has 5 rings (SSSR count). The normalized spacial score (nSPS) is 19.4. The van der Waals surface area contributed by atoms with E-state index in [2.05, 4.69) is 44.4 Å². The standard InChI is InChI=1S/C23H28N6O2/c1-27-15-25-20-12-19(17-2-4-18(5-3-17)28-10-7-24-8-11-28)26-22(21(20)23(27)31)29-9-6-16(13-29)14-30/h2-5,12,15-16,24,30H,6-11,13-14H2,1H3. The van der Waals surface area contributed by atoms with Crippen molar-refractivity contribution in [2.24, 2.45) is 13.0 Å². The van der Waals surface area contributed by atoms with Crippen LogP contribution >= 0.6 is 0 Å². The first-order valence-electron chi connectivity index (χ1n) is 10.9. The number of rotatable bonds is 4. The fraction of sp³-hybridized carbons (Fsp3) is 0.435. The van der Waals surface area contributed by atoms with E-state index in [-0.39, 0.29) is 18.1 Å². The number of piperazine rings is 1. The molecule has 1 aromatic carbocycles. The first-order chi connectivity index (χ1) is 15.1. The zero-order valence-electron chi connectivity index (χ0n) is 17.8. The Hall–Kier alpha value is -2.97. The van der Waals surface area contributed by atoms with Gasteiger partial charge in [0.1, 0.15) is 11.2 Å². The van der Waals surface area contributed by atoms with Crippen LogP contribution in [-0.2, 0) is 7.05 Å². The molecular formula is C23H28N6O2. The van der Waals surface area contributed by atoms with E-state index in [1.807, 2.05) is 6.07 Å². The van der Waals surface area contributed by atoms with E-state index >= 15 is 0 Å². The minimum absolute atomic E-state index is 0.0967. The van der Waals surface area contributed by atoms with Gasteiger partial charge in [-0.3, -0.25) is 4.79 Å². The van der Waals surface area contributed by atoms with Gasteiger partial charge in [-0.25, -0.2) is 9.97 Å². The topological polar surface area (TPSA) is 86.5 Å². The molecule has 162 valence electrons. The molecule has 1 unspecified atom stereocenters. The second kappa shape index (κ2) is 8.28. The predicted molar refractivity (Wildman–Crippen MR) is 123 cm³/mol. The van der Waals surface area contributed by atoms with Crippen molar-refractivity contribution in [3.63, 3.8) is 0 Å². The fourth-order valence-corrected chi connectivity index (χ4v) is 4.52. The smallest absolute Gasteiger partial charge is 0.264 e. The maximum absolute atomic E-state index is 12.9. The molecule has 0 saturated carbocycles. The molecule has 0 radical (unpaired) electrons. The van der Waals surface area contributed by atoms with Gasteiger partial charge in [0.15, 0.2) is 0 Å². The van der Waals surface area contributed by atoms with Crippen LogP contribution < -0.4 is 20.7 Å². The number of anilines is 2. The van der Waals surface area contributed by atoms with E-state index in [4.69, 9.17) is 4.98 Å². The summed E-state index contributed by atoms with van der Waals surface area (Å²) in [5.74, 6) is 0.877. The summed E-state index contributed by atoms with van der Waals surface area (Å²) in [7, 11) is 1.71. The highest BCUT2D eigenvalue weighted by Crippen LogP contribution is 2.31. The molecule has 2 saturated heterocycles. The van der Waals surface area contributed by atoms with Crippen molar-refractivity contribution < 1.29 is 5.11 Å². The van der Waals surface area contributed by atoms with Gasteiger partial charge in [0, 0.05) is 70.1 Å². The molecule has 2 aromatic heterocycles. The number of aliphatic hydroxyl groups is 1. The lowest BCUT2D eigenvalue weighted by Crippen LogP contribution is -2.43. The van der Waals surface area contributed by atoms with Crippen LogP contribution in [0.25, 0.3) is 22.2 Å². The van der Waals surface area contributed by atoms with Crippen LogP contribution in [0, 0.1) is 5.92 Å². The van der Waals surface area contributed by atoms with E-state index in [1.54, 1.807) is 13.4 Å². The molecule has 2 N–H and O–H groups in total. The average molecular weight is 421 g/mol. The minimum atomic E-state index is -0.0967. The quantitative estimate of drug-likeness (QED) is 0.656. The number of pyridine rings is 1. The van der Waals surface area contributed by atoms with Crippen LogP contribution in [0.15, 0.2) is 41.5 Å². The number of nitrogens with zero attached hydrogens (tertiary/aromatic N) is 5. The largest absolute Gasteiger partial charge is 0.396 e. The molecule has 0 bridgehead atoms. The van der Waals surface area contributed by atoms with Gasteiger partial charge in [0.25, 0.3) is 5.56 Å². The van der Waals surface area contributed by atoms with Crippen LogP contribution in [0.2, 0.25) is 0 Å². The minimum Gasteiger partial charge on any atom is -0.396 e. The summed E-state index contributed by atoms with van der Waals surface area (Å²) < 4.78 is 1.50. The second-order valence-corrected chi connectivity index (χ2v) is 8.45. The van der Waals surface area contributed by atoms with E-state index in [9.17, 15) is 9.90 Å². The zero-order chi connectivity index (χ0) is 21.4. The summed E-state index contributed by atoms with van der Waals surface area (Å²) in [4.78, 5) is 26.9. The number of aryl methyl sites for hydroxylation is 1. The van der Waals surface area contributed by atoms with E-state index in [0.29, 0.717) is 23.3 Å². The molecule has 3 aromatic rings. The van der Waals surface area contributed by atoms with Gasteiger partial charge < -0.3 is 24.8 Å². The van der Waals surface area contributed by atoms with Crippen molar-refractivity contribution in [2.45, 2.75) is 6.42 Å². The summed E-state index contributed by atoms with van der Waals surface area (Å²) in [6.07, 6.45) is 2.45. The maximum Gasteiger partial charge on any atom is 0.264 e. The van der Waals surface area contributed by atoms with Gasteiger partial charge in [-0.2, -0.15) is 0 Å². The van der Waals surface area contributed by atoms with Crippen LogP contribution in [0.4, 0.5) is 11.5 Å². The first-order valence-corrected chi connectivity index (χ1v) is 10.9. The van der Waals surface area contributed by atoms with Crippen LogP contribution in [0.5, 0.6) is 0 Å².